The van der Waals surface area contributed by atoms with E-state index in [-0.39, 0.29) is 41.4 Å². The molecule has 2 aromatic rings. The Labute approximate surface area is 204 Å². The van der Waals surface area contributed by atoms with E-state index in [9.17, 15) is 23.1 Å². The quantitative estimate of drug-likeness (QED) is 0.285. The number of ether oxygens (including phenoxy) is 1. The maximum Gasteiger partial charge on any atom is 0.254 e. The molecule has 1 heterocycles. The number of amides is 1. The van der Waals surface area contributed by atoms with Gasteiger partial charge in [-0.3, -0.25) is 15.0 Å². The van der Waals surface area contributed by atoms with Gasteiger partial charge in [0.15, 0.2) is 15.6 Å². The smallest absolute Gasteiger partial charge is 0.254 e. The highest BCUT2D eigenvalue weighted by atomic mass is 32.2. The molecule has 0 saturated heterocycles. The zero-order valence-corrected chi connectivity index (χ0v) is 21.0. The normalized spacial score (nSPS) is 12.9. The van der Waals surface area contributed by atoms with Crippen LogP contribution in [0.4, 0.5) is 5.69 Å². The van der Waals surface area contributed by atoms with Gasteiger partial charge in [-0.15, -0.1) is 0 Å². The number of aromatic hydroxyl groups is 1. The van der Waals surface area contributed by atoms with Gasteiger partial charge in [-0.25, -0.2) is 8.42 Å². The first-order valence-electron chi connectivity index (χ1n) is 11.1. The summed E-state index contributed by atoms with van der Waals surface area (Å²) >= 11 is 0. The van der Waals surface area contributed by atoms with E-state index in [2.05, 4.69) is 10.6 Å². The average molecular weight is 503 g/mol. The third kappa shape index (κ3) is 5.73. The van der Waals surface area contributed by atoms with Gasteiger partial charge >= 0.3 is 0 Å². The zero-order chi connectivity index (χ0) is 25.9. The van der Waals surface area contributed by atoms with Crippen LogP contribution >= 0.6 is 0 Å². The van der Waals surface area contributed by atoms with E-state index in [4.69, 9.17) is 10.1 Å². The number of sulfone groups is 1. The molecule has 0 aromatic heterocycles. The largest absolute Gasteiger partial charge is 0.505 e. The van der Waals surface area contributed by atoms with Crippen LogP contribution in [0.1, 0.15) is 51.3 Å². The molecule has 2 aromatic carbocycles. The Morgan fingerprint density at radius 2 is 1.91 bits per heavy atom. The molecule has 3 rings (SSSR count). The summed E-state index contributed by atoms with van der Waals surface area (Å²) in [6, 6.07) is 6.33. The van der Waals surface area contributed by atoms with E-state index in [1.54, 1.807) is 23.1 Å². The van der Waals surface area contributed by atoms with Gasteiger partial charge in [0.1, 0.15) is 23.2 Å². The number of aryl methyl sites for hydroxylation is 1. The maximum atomic E-state index is 13.2. The number of phenolic OH excluding ortho intramolecular Hbond substituents is 1. The zero-order valence-electron chi connectivity index (χ0n) is 20.2. The lowest BCUT2D eigenvalue weighted by Crippen LogP contribution is -2.30. The molecule has 0 spiro atoms. The number of rotatable bonds is 10. The van der Waals surface area contributed by atoms with Crippen LogP contribution in [0.3, 0.4) is 0 Å². The lowest BCUT2D eigenvalue weighted by molar-refractivity contribution is 0.0953. The van der Waals surface area contributed by atoms with Crippen LogP contribution in [0.25, 0.3) is 0 Å². The predicted octanol–water partition coefficient (Wildman–Crippen LogP) is 2.15. The van der Waals surface area contributed by atoms with Gasteiger partial charge in [-0.2, -0.15) is 0 Å². The van der Waals surface area contributed by atoms with E-state index >= 15 is 0 Å². The fourth-order valence-electron chi connectivity index (χ4n) is 3.88. The van der Waals surface area contributed by atoms with Gasteiger partial charge in [-0.05, 0) is 48.7 Å². The van der Waals surface area contributed by atoms with Crippen molar-refractivity contribution in [2.75, 3.05) is 37.6 Å². The number of nitrogens with zero attached hydrogens (tertiary/aromatic N) is 1. The fourth-order valence-corrected chi connectivity index (χ4v) is 4.30. The van der Waals surface area contributed by atoms with Crippen molar-refractivity contribution in [2.24, 2.45) is 0 Å². The van der Waals surface area contributed by atoms with Gasteiger partial charge in [0.25, 0.3) is 5.91 Å². The van der Waals surface area contributed by atoms with Crippen molar-refractivity contribution in [2.45, 2.75) is 26.8 Å². The maximum absolute atomic E-state index is 13.2. The van der Waals surface area contributed by atoms with Crippen LogP contribution in [0.15, 0.2) is 24.3 Å². The van der Waals surface area contributed by atoms with Crippen molar-refractivity contribution in [1.29, 1.82) is 5.41 Å². The Bertz CT molecular complexity index is 1290. The first-order chi connectivity index (χ1) is 16.5. The van der Waals surface area contributed by atoms with Crippen LogP contribution in [0.2, 0.25) is 0 Å². The second-order valence-electron chi connectivity index (χ2n) is 8.28. The molecule has 0 saturated carbocycles. The van der Waals surface area contributed by atoms with Gasteiger partial charge < -0.3 is 25.4 Å². The molecule has 0 atom stereocenters. The topological polar surface area (TPSA) is 149 Å². The van der Waals surface area contributed by atoms with Crippen molar-refractivity contribution >= 4 is 33.1 Å². The standard InChI is InChI=1S/C24H30N4O6S/c1-5-14-7-15(8-19(22(14)30)27-13-35(4,32)33)20(29)12-28-11-16-9-21(34-6-2)18(24(31)26-3)10-17(16)23(28)25/h7-10,25,27,30H,5-6,11-13H2,1-4H3,(H,26,31). The van der Waals surface area contributed by atoms with Crippen molar-refractivity contribution in [1.82, 2.24) is 10.2 Å². The molecular formula is C24H30N4O6S. The molecule has 0 unspecified atom stereocenters. The van der Waals surface area contributed by atoms with Crippen molar-refractivity contribution in [3.63, 3.8) is 0 Å². The molecule has 1 aliphatic rings. The summed E-state index contributed by atoms with van der Waals surface area (Å²) in [5.41, 5.74) is 2.60. The van der Waals surface area contributed by atoms with E-state index in [1.807, 2.05) is 13.8 Å². The summed E-state index contributed by atoms with van der Waals surface area (Å²) in [7, 11) is -1.83. The van der Waals surface area contributed by atoms with Crippen LogP contribution in [0.5, 0.6) is 11.5 Å². The summed E-state index contributed by atoms with van der Waals surface area (Å²) < 4.78 is 28.7. The van der Waals surface area contributed by atoms with E-state index in [0.717, 1.165) is 11.8 Å². The minimum absolute atomic E-state index is 0.0980. The van der Waals surface area contributed by atoms with Crippen molar-refractivity contribution in [3.8, 4) is 11.5 Å². The summed E-state index contributed by atoms with van der Waals surface area (Å²) in [5.74, 6) is -0.575. The second-order valence-corrected chi connectivity index (χ2v) is 10.4. The first kappa shape index (κ1) is 26.0. The Hall–Kier alpha value is -3.60. The number of anilines is 1. The number of ketones is 1. The van der Waals surface area contributed by atoms with Crippen molar-refractivity contribution in [3.05, 3.63) is 52.1 Å². The lowest BCUT2D eigenvalue weighted by Gasteiger charge is -2.18. The minimum atomic E-state index is -3.35. The van der Waals surface area contributed by atoms with Gasteiger partial charge in [0, 0.05) is 31.0 Å². The number of Topliss-reactive ketones (excluding diaryl/α,β-unsaturated/α-hetero) is 1. The number of carbonyl (C=O) groups is 2. The minimum Gasteiger partial charge on any atom is -0.505 e. The summed E-state index contributed by atoms with van der Waals surface area (Å²) in [6.45, 7) is 4.20. The highest BCUT2D eigenvalue weighted by Crippen LogP contribution is 2.32. The molecule has 188 valence electrons. The fraction of sp³-hybridized carbons (Fsp3) is 0.375. The lowest BCUT2D eigenvalue weighted by atomic mass is 10.0. The Kier molecular flexibility index (Phi) is 7.69. The molecule has 1 aliphatic heterocycles. The summed E-state index contributed by atoms with van der Waals surface area (Å²) in [4.78, 5) is 27.1. The van der Waals surface area contributed by atoms with Gasteiger partial charge in [0.05, 0.1) is 24.4 Å². The molecule has 11 heteroatoms. The SMILES string of the molecule is CCOc1cc2c(cc1C(=O)NC)C(=N)N(CC(=O)c1cc(CC)c(O)c(NCS(C)(=O)=O)c1)C2. The van der Waals surface area contributed by atoms with Crippen LogP contribution in [-0.4, -0.2) is 68.3 Å². The molecule has 4 N–H and O–H groups in total. The monoisotopic (exact) mass is 502 g/mol. The number of hydrogen-bond donors (Lipinski definition) is 4. The summed E-state index contributed by atoms with van der Waals surface area (Å²) in [6.07, 6.45) is 1.50. The first-order valence-corrected chi connectivity index (χ1v) is 13.2. The molecule has 0 aliphatic carbocycles. The molecular weight excluding hydrogens is 472 g/mol. The molecule has 1 amide bonds. The molecule has 0 radical (unpaired) electrons. The number of benzene rings is 2. The molecule has 35 heavy (non-hydrogen) atoms. The van der Waals surface area contributed by atoms with Crippen LogP contribution in [0, 0.1) is 5.41 Å². The Morgan fingerprint density at radius 1 is 1.20 bits per heavy atom. The Morgan fingerprint density at radius 3 is 2.51 bits per heavy atom. The highest BCUT2D eigenvalue weighted by molar-refractivity contribution is 7.90. The number of nitrogens with one attached hydrogen (secondary N) is 3. The van der Waals surface area contributed by atoms with Gasteiger partial charge in [-0.1, -0.05) is 6.92 Å². The third-order valence-corrected chi connectivity index (χ3v) is 6.33. The highest BCUT2D eigenvalue weighted by Gasteiger charge is 2.29. The molecule has 0 bridgehead atoms. The van der Waals surface area contributed by atoms with E-state index in [1.165, 1.54) is 13.1 Å². The number of fused-ring (bicyclic) bond motifs is 1. The average Bonchev–Trinajstić information content (AvgIpc) is 3.11. The van der Waals surface area contributed by atoms with Crippen LogP contribution < -0.4 is 15.4 Å². The molecule has 0 fully saturated rings. The number of hydrogen-bond acceptors (Lipinski definition) is 8. The van der Waals surface area contributed by atoms with E-state index in [0.29, 0.717) is 47.6 Å². The van der Waals surface area contributed by atoms with Crippen LogP contribution in [-0.2, 0) is 22.8 Å². The second kappa shape index (κ2) is 10.3. The molecule has 10 nitrogen and oxygen atoms in total. The van der Waals surface area contributed by atoms with E-state index < -0.39 is 9.84 Å². The summed E-state index contributed by atoms with van der Waals surface area (Å²) in [5, 5.41) is 24.3. The Balaban J connectivity index is 1.87. The third-order valence-electron chi connectivity index (χ3n) is 5.66. The van der Waals surface area contributed by atoms with Gasteiger partial charge in [0.2, 0.25) is 0 Å². The number of amidine groups is 1. The van der Waals surface area contributed by atoms with Crippen molar-refractivity contribution < 1.29 is 27.9 Å². The predicted molar refractivity (Wildman–Crippen MR) is 133 cm³/mol. The number of phenols is 1. The number of carbonyl (C=O) groups excluding carboxylic acids is 2.